The van der Waals surface area contributed by atoms with Crippen molar-refractivity contribution in [3.63, 3.8) is 0 Å². The van der Waals surface area contributed by atoms with Crippen LogP contribution in [0.1, 0.15) is 30.1 Å². The van der Waals surface area contributed by atoms with E-state index in [0.29, 0.717) is 17.7 Å². The highest BCUT2D eigenvalue weighted by molar-refractivity contribution is 6.33. The van der Waals surface area contributed by atoms with Crippen LogP contribution in [0.25, 0.3) is 0 Å². The van der Waals surface area contributed by atoms with Crippen LogP contribution in [0.2, 0.25) is 5.15 Å². The van der Waals surface area contributed by atoms with Gasteiger partial charge in [-0.25, -0.2) is 4.98 Å². The minimum atomic E-state index is -0.288. The van der Waals surface area contributed by atoms with E-state index in [4.69, 9.17) is 11.6 Å². The first-order valence-electron chi connectivity index (χ1n) is 9.13. The first-order valence-corrected chi connectivity index (χ1v) is 9.51. The molecule has 3 rings (SSSR count). The van der Waals surface area contributed by atoms with Gasteiger partial charge in [0.05, 0.1) is 5.56 Å². The van der Waals surface area contributed by atoms with Crippen LogP contribution in [0.5, 0.6) is 0 Å². The van der Waals surface area contributed by atoms with E-state index >= 15 is 0 Å². The van der Waals surface area contributed by atoms with Crippen LogP contribution in [0, 0.1) is 0 Å². The molecule has 0 spiro atoms. The molecule has 2 amide bonds. The lowest BCUT2D eigenvalue weighted by Crippen LogP contribution is -2.48. The number of benzene rings is 1. The minimum absolute atomic E-state index is 0.183. The number of piperazine rings is 1. The lowest BCUT2D eigenvalue weighted by molar-refractivity contribution is -0.131. The van der Waals surface area contributed by atoms with Crippen molar-refractivity contribution in [1.82, 2.24) is 9.88 Å². The molecule has 1 fully saturated rings. The topological polar surface area (TPSA) is 65.5 Å². The summed E-state index contributed by atoms with van der Waals surface area (Å²) in [6.07, 6.45) is 3.05. The van der Waals surface area contributed by atoms with Crippen molar-refractivity contribution in [1.29, 1.82) is 0 Å². The molecule has 6 nitrogen and oxygen atoms in total. The maximum atomic E-state index is 12.3. The number of halogens is 1. The number of nitrogens with one attached hydrogen (secondary N) is 1. The van der Waals surface area contributed by atoms with E-state index in [2.05, 4.69) is 15.2 Å². The standard InChI is InChI=1S/C20H23ClN4O2/c1-2-4-18(26)25-13-11-24(12-14-25)16-8-6-15(7-9-16)23-20(27)17-5-3-10-22-19(17)21/h3,5-10H,2,4,11-14H2,1H3,(H,23,27). The van der Waals surface area contributed by atoms with Crippen LogP contribution in [0.15, 0.2) is 42.6 Å². The number of carbonyl (C=O) groups is 2. The van der Waals surface area contributed by atoms with Crippen molar-refractivity contribution in [3.05, 3.63) is 53.3 Å². The Bertz CT molecular complexity index is 802. The van der Waals surface area contributed by atoms with E-state index < -0.39 is 0 Å². The SMILES string of the molecule is CCCC(=O)N1CCN(c2ccc(NC(=O)c3cccnc3Cl)cc2)CC1. The molecule has 0 radical (unpaired) electrons. The van der Waals surface area contributed by atoms with Crippen LogP contribution < -0.4 is 10.2 Å². The van der Waals surface area contributed by atoms with Gasteiger partial charge in [-0.3, -0.25) is 9.59 Å². The largest absolute Gasteiger partial charge is 0.368 e. The molecule has 1 saturated heterocycles. The normalized spacial score (nSPS) is 14.1. The molecule has 142 valence electrons. The van der Waals surface area contributed by atoms with Gasteiger partial charge in [0, 0.05) is 50.2 Å². The summed E-state index contributed by atoms with van der Waals surface area (Å²) in [5.41, 5.74) is 2.12. The van der Waals surface area contributed by atoms with Gasteiger partial charge < -0.3 is 15.1 Å². The van der Waals surface area contributed by atoms with E-state index in [1.165, 1.54) is 0 Å². The molecule has 1 aromatic carbocycles. The fourth-order valence-corrected chi connectivity index (χ4v) is 3.30. The molecule has 1 N–H and O–H groups in total. The fraction of sp³-hybridized carbons (Fsp3) is 0.350. The van der Waals surface area contributed by atoms with Crippen LogP contribution in [-0.2, 0) is 4.79 Å². The summed E-state index contributed by atoms with van der Waals surface area (Å²) in [6.45, 7) is 5.14. The van der Waals surface area contributed by atoms with Crippen molar-refractivity contribution in [2.45, 2.75) is 19.8 Å². The predicted octanol–water partition coefficient (Wildman–Crippen LogP) is 3.44. The molecular weight excluding hydrogens is 364 g/mol. The van der Waals surface area contributed by atoms with Crippen molar-refractivity contribution in [3.8, 4) is 0 Å². The summed E-state index contributed by atoms with van der Waals surface area (Å²) in [5.74, 6) is -0.0480. The first kappa shape index (κ1) is 19.2. The third-order valence-corrected chi connectivity index (χ3v) is 4.89. The number of hydrogen-bond acceptors (Lipinski definition) is 4. The highest BCUT2D eigenvalue weighted by Crippen LogP contribution is 2.21. The molecule has 2 heterocycles. The zero-order chi connectivity index (χ0) is 19.2. The first-order chi connectivity index (χ1) is 13.1. The molecule has 0 atom stereocenters. The predicted molar refractivity (Wildman–Crippen MR) is 107 cm³/mol. The van der Waals surface area contributed by atoms with Gasteiger partial charge in [-0.05, 0) is 42.8 Å². The summed E-state index contributed by atoms with van der Waals surface area (Å²) >= 11 is 5.96. The Kier molecular flexibility index (Phi) is 6.29. The van der Waals surface area contributed by atoms with Crippen molar-refractivity contribution >= 4 is 34.8 Å². The third kappa shape index (κ3) is 4.77. The molecule has 2 aromatic rings. The number of rotatable bonds is 5. The fourth-order valence-electron chi connectivity index (χ4n) is 3.10. The van der Waals surface area contributed by atoms with Crippen molar-refractivity contribution in [2.24, 2.45) is 0 Å². The van der Waals surface area contributed by atoms with Gasteiger partial charge in [-0.2, -0.15) is 0 Å². The highest BCUT2D eigenvalue weighted by Gasteiger charge is 2.20. The second-order valence-electron chi connectivity index (χ2n) is 6.46. The lowest BCUT2D eigenvalue weighted by Gasteiger charge is -2.36. The average molecular weight is 387 g/mol. The second-order valence-corrected chi connectivity index (χ2v) is 6.82. The van der Waals surface area contributed by atoms with E-state index in [1.54, 1.807) is 18.3 Å². The zero-order valence-electron chi connectivity index (χ0n) is 15.3. The summed E-state index contributed by atoms with van der Waals surface area (Å²) in [5, 5.41) is 3.01. The number of hydrogen-bond donors (Lipinski definition) is 1. The zero-order valence-corrected chi connectivity index (χ0v) is 16.1. The van der Waals surface area contributed by atoms with E-state index in [0.717, 1.165) is 38.3 Å². The molecule has 0 bridgehead atoms. The Morgan fingerprint density at radius 2 is 1.81 bits per heavy atom. The summed E-state index contributed by atoms with van der Waals surface area (Å²) in [7, 11) is 0. The maximum Gasteiger partial charge on any atom is 0.258 e. The molecule has 27 heavy (non-hydrogen) atoms. The Morgan fingerprint density at radius 1 is 1.11 bits per heavy atom. The summed E-state index contributed by atoms with van der Waals surface area (Å²) in [4.78, 5) is 32.4. The molecule has 0 aliphatic carbocycles. The van der Waals surface area contributed by atoms with Gasteiger partial charge in [0.2, 0.25) is 5.91 Å². The number of amides is 2. The Hall–Kier alpha value is -2.60. The van der Waals surface area contributed by atoms with Crippen LogP contribution in [0.4, 0.5) is 11.4 Å². The summed E-state index contributed by atoms with van der Waals surface area (Å²) in [6, 6.07) is 11.0. The van der Waals surface area contributed by atoms with Crippen LogP contribution >= 0.6 is 11.6 Å². The van der Waals surface area contributed by atoms with E-state index in [1.807, 2.05) is 36.1 Å². The molecule has 0 saturated carbocycles. The second kappa shape index (κ2) is 8.86. The Balaban J connectivity index is 1.57. The molecule has 1 aliphatic rings. The van der Waals surface area contributed by atoms with Crippen molar-refractivity contribution in [2.75, 3.05) is 36.4 Å². The number of nitrogens with zero attached hydrogens (tertiary/aromatic N) is 3. The third-order valence-electron chi connectivity index (χ3n) is 4.59. The van der Waals surface area contributed by atoms with Crippen LogP contribution in [-0.4, -0.2) is 47.9 Å². The number of anilines is 2. The molecule has 0 unspecified atom stereocenters. The number of aromatic nitrogens is 1. The van der Waals surface area contributed by atoms with Crippen LogP contribution in [0.3, 0.4) is 0 Å². The van der Waals surface area contributed by atoms with Gasteiger partial charge in [-0.15, -0.1) is 0 Å². The average Bonchev–Trinajstić information content (AvgIpc) is 2.69. The highest BCUT2D eigenvalue weighted by atomic mass is 35.5. The molecule has 1 aliphatic heterocycles. The van der Waals surface area contributed by atoms with E-state index in [-0.39, 0.29) is 17.0 Å². The van der Waals surface area contributed by atoms with E-state index in [9.17, 15) is 9.59 Å². The molecule has 7 heteroatoms. The Morgan fingerprint density at radius 3 is 2.44 bits per heavy atom. The lowest BCUT2D eigenvalue weighted by atomic mass is 10.2. The smallest absolute Gasteiger partial charge is 0.258 e. The number of carbonyl (C=O) groups excluding carboxylic acids is 2. The quantitative estimate of drug-likeness (QED) is 0.799. The van der Waals surface area contributed by atoms with Crippen molar-refractivity contribution < 1.29 is 9.59 Å². The van der Waals surface area contributed by atoms with Gasteiger partial charge >= 0.3 is 0 Å². The Labute approximate surface area is 164 Å². The van der Waals surface area contributed by atoms with Gasteiger partial charge in [0.1, 0.15) is 5.15 Å². The minimum Gasteiger partial charge on any atom is -0.368 e. The maximum absolute atomic E-state index is 12.3. The van der Waals surface area contributed by atoms with Gasteiger partial charge in [-0.1, -0.05) is 18.5 Å². The molecule has 1 aromatic heterocycles. The van der Waals surface area contributed by atoms with Gasteiger partial charge in [0.25, 0.3) is 5.91 Å². The summed E-state index contributed by atoms with van der Waals surface area (Å²) < 4.78 is 0. The molecular formula is C20H23ClN4O2. The number of pyridine rings is 1. The monoisotopic (exact) mass is 386 g/mol. The van der Waals surface area contributed by atoms with Gasteiger partial charge in [0.15, 0.2) is 0 Å².